The molecule has 4 heteroatoms. The molecule has 1 aliphatic rings. The van der Waals surface area contributed by atoms with E-state index in [0.717, 1.165) is 19.5 Å². The average Bonchev–Trinajstić information content (AvgIpc) is 2.97. The lowest BCUT2D eigenvalue weighted by Gasteiger charge is -2.27. The van der Waals surface area contributed by atoms with Gasteiger partial charge in [-0.2, -0.15) is 0 Å². The van der Waals surface area contributed by atoms with Crippen LogP contribution in [0, 0.1) is 0 Å². The summed E-state index contributed by atoms with van der Waals surface area (Å²) in [4.78, 5) is 14.7. The van der Waals surface area contributed by atoms with E-state index >= 15 is 0 Å². The van der Waals surface area contributed by atoms with Crippen LogP contribution in [0.1, 0.15) is 17.5 Å². The first-order valence-electron chi connectivity index (χ1n) is 8.37. The van der Waals surface area contributed by atoms with Crippen LogP contribution < -0.4 is 5.32 Å². The molecular formula is C20H24N2O2. The van der Waals surface area contributed by atoms with Gasteiger partial charge in [-0.05, 0) is 17.5 Å². The molecule has 1 N–H and O–H groups in total. The summed E-state index contributed by atoms with van der Waals surface area (Å²) in [6.45, 7) is 2.08. The second-order valence-electron chi connectivity index (χ2n) is 6.29. The molecule has 0 radical (unpaired) electrons. The highest BCUT2D eigenvalue weighted by atomic mass is 16.5. The summed E-state index contributed by atoms with van der Waals surface area (Å²) in [6, 6.07) is 20.6. The molecule has 2 aromatic carbocycles. The van der Waals surface area contributed by atoms with Gasteiger partial charge in [0.05, 0.1) is 18.7 Å². The number of nitrogens with zero attached hydrogens (tertiary/aromatic N) is 1. The standard InChI is InChI=1S/C20H24N2O2/c1-24-15-18-12-19(20(23)21-18)22(13-16-8-4-2-5-9-16)14-17-10-6-3-7-11-17/h2-11,18-19H,12-15H2,1H3,(H,21,23)/t18-,19-/m0/s1. The lowest BCUT2D eigenvalue weighted by molar-refractivity contribution is -0.124. The summed E-state index contributed by atoms with van der Waals surface area (Å²) in [7, 11) is 1.67. The highest BCUT2D eigenvalue weighted by Gasteiger charge is 2.36. The van der Waals surface area contributed by atoms with E-state index in [9.17, 15) is 4.79 Å². The first kappa shape index (κ1) is 16.7. The van der Waals surface area contributed by atoms with Crippen LogP contribution in [0.3, 0.4) is 0 Å². The van der Waals surface area contributed by atoms with Crippen LogP contribution in [0.4, 0.5) is 0 Å². The van der Waals surface area contributed by atoms with Crippen LogP contribution in [0.15, 0.2) is 60.7 Å². The smallest absolute Gasteiger partial charge is 0.237 e. The molecule has 0 aromatic heterocycles. The molecule has 24 heavy (non-hydrogen) atoms. The van der Waals surface area contributed by atoms with Crippen molar-refractivity contribution < 1.29 is 9.53 Å². The molecule has 126 valence electrons. The number of ether oxygens (including phenoxy) is 1. The molecule has 4 nitrogen and oxygen atoms in total. The Labute approximate surface area is 143 Å². The summed E-state index contributed by atoms with van der Waals surface area (Å²) in [5, 5.41) is 3.05. The molecule has 3 rings (SSSR count). The molecule has 0 spiro atoms. The largest absolute Gasteiger partial charge is 0.383 e. The fraction of sp³-hybridized carbons (Fsp3) is 0.350. The molecule has 1 aliphatic heterocycles. The van der Waals surface area contributed by atoms with Gasteiger partial charge in [0, 0.05) is 20.2 Å². The molecule has 1 amide bonds. The van der Waals surface area contributed by atoms with Crippen molar-refractivity contribution in [3.05, 3.63) is 71.8 Å². The maximum absolute atomic E-state index is 12.5. The Morgan fingerprint density at radius 3 is 2.04 bits per heavy atom. The second-order valence-corrected chi connectivity index (χ2v) is 6.29. The molecule has 0 saturated carbocycles. The van der Waals surface area contributed by atoms with Crippen molar-refractivity contribution in [2.75, 3.05) is 13.7 Å². The number of benzene rings is 2. The minimum absolute atomic E-state index is 0.0987. The van der Waals surface area contributed by atoms with Crippen molar-refractivity contribution >= 4 is 5.91 Å². The quantitative estimate of drug-likeness (QED) is 0.851. The van der Waals surface area contributed by atoms with Gasteiger partial charge < -0.3 is 10.1 Å². The third-order valence-corrected chi connectivity index (χ3v) is 4.42. The molecule has 0 unspecified atom stereocenters. The van der Waals surface area contributed by atoms with E-state index in [1.807, 2.05) is 36.4 Å². The van der Waals surface area contributed by atoms with Crippen LogP contribution in [-0.4, -0.2) is 36.6 Å². The number of carbonyl (C=O) groups is 1. The van der Waals surface area contributed by atoms with E-state index in [0.29, 0.717) is 6.61 Å². The topological polar surface area (TPSA) is 41.6 Å². The molecule has 1 saturated heterocycles. The van der Waals surface area contributed by atoms with E-state index in [1.165, 1.54) is 11.1 Å². The van der Waals surface area contributed by atoms with Gasteiger partial charge in [-0.15, -0.1) is 0 Å². The highest BCUT2D eigenvalue weighted by Crippen LogP contribution is 2.21. The maximum atomic E-state index is 12.5. The molecular weight excluding hydrogens is 300 g/mol. The minimum Gasteiger partial charge on any atom is -0.383 e. The monoisotopic (exact) mass is 324 g/mol. The predicted octanol–water partition coefficient (Wildman–Crippen LogP) is 2.59. The summed E-state index contributed by atoms with van der Waals surface area (Å²) >= 11 is 0. The zero-order chi connectivity index (χ0) is 16.8. The molecule has 2 aromatic rings. The summed E-state index contributed by atoms with van der Waals surface area (Å²) in [5.41, 5.74) is 2.44. The van der Waals surface area contributed by atoms with Crippen LogP contribution in [0.5, 0.6) is 0 Å². The van der Waals surface area contributed by atoms with E-state index in [4.69, 9.17) is 4.74 Å². The summed E-state index contributed by atoms with van der Waals surface area (Å²) in [5.74, 6) is 0.101. The normalized spacial score (nSPS) is 20.3. The maximum Gasteiger partial charge on any atom is 0.237 e. The SMILES string of the molecule is COC[C@@H]1C[C@H](N(Cc2ccccc2)Cc2ccccc2)C(=O)N1. The van der Waals surface area contributed by atoms with Gasteiger partial charge in [-0.1, -0.05) is 60.7 Å². The second kappa shape index (κ2) is 8.08. The molecule has 0 bridgehead atoms. The number of hydrogen-bond donors (Lipinski definition) is 1. The van der Waals surface area contributed by atoms with Gasteiger partial charge >= 0.3 is 0 Å². The summed E-state index contributed by atoms with van der Waals surface area (Å²) in [6.07, 6.45) is 0.784. The Bertz CT molecular complexity index is 604. The van der Waals surface area contributed by atoms with Crippen LogP contribution >= 0.6 is 0 Å². The molecule has 2 atom stereocenters. The van der Waals surface area contributed by atoms with Crippen molar-refractivity contribution in [3.63, 3.8) is 0 Å². The van der Waals surface area contributed by atoms with E-state index < -0.39 is 0 Å². The van der Waals surface area contributed by atoms with Gasteiger partial charge in [0.15, 0.2) is 0 Å². The van der Waals surface area contributed by atoms with Crippen LogP contribution in [-0.2, 0) is 22.6 Å². The van der Waals surface area contributed by atoms with Crippen molar-refractivity contribution in [2.24, 2.45) is 0 Å². The average molecular weight is 324 g/mol. The van der Waals surface area contributed by atoms with Crippen LogP contribution in [0.25, 0.3) is 0 Å². The predicted molar refractivity (Wildman–Crippen MR) is 94.3 cm³/mol. The van der Waals surface area contributed by atoms with E-state index in [2.05, 4.69) is 34.5 Å². The van der Waals surface area contributed by atoms with E-state index in [-0.39, 0.29) is 18.0 Å². The molecule has 0 aliphatic carbocycles. The van der Waals surface area contributed by atoms with Gasteiger partial charge in [-0.3, -0.25) is 9.69 Å². The number of rotatable bonds is 7. The van der Waals surface area contributed by atoms with Gasteiger partial charge in [0.25, 0.3) is 0 Å². The van der Waals surface area contributed by atoms with Crippen molar-refractivity contribution in [1.82, 2.24) is 10.2 Å². The first-order valence-corrected chi connectivity index (χ1v) is 8.37. The third kappa shape index (κ3) is 4.22. The first-order chi connectivity index (χ1) is 11.8. The van der Waals surface area contributed by atoms with Crippen LogP contribution in [0.2, 0.25) is 0 Å². The number of methoxy groups -OCH3 is 1. The Hall–Kier alpha value is -2.17. The lowest BCUT2D eigenvalue weighted by atomic mass is 10.1. The molecule has 1 fully saturated rings. The Kier molecular flexibility index (Phi) is 5.62. The Morgan fingerprint density at radius 2 is 1.54 bits per heavy atom. The Morgan fingerprint density at radius 1 is 1.00 bits per heavy atom. The Balaban J connectivity index is 1.77. The summed E-state index contributed by atoms with van der Waals surface area (Å²) < 4.78 is 5.21. The lowest BCUT2D eigenvalue weighted by Crippen LogP contribution is -2.39. The highest BCUT2D eigenvalue weighted by molar-refractivity contribution is 5.84. The fourth-order valence-corrected chi connectivity index (χ4v) is 3.27. The number of hydrogen-bond acceptors (Lipinski definition) is 3. The van der Waals surface area contributed by atoms with Gasteiger partial charge in [0.1, 0.15) is 0 Å². The van der Waals surface area contributed by atoms with Crippen molar-refractivity contribution in [1.29, 1.82) is 0 Å². The van der Waals surface area contributed by atoms with E-state index in [1.54, 1.807) is 7.11 Å². The zero-order valence-corrected chi connectivity index (χ0v) is 14.0. The number of nitrogens with one attached hydrogen (secondary N) is 1. The van der Waals surface area contributed by atoms with Gasteiger partial charge in [-0.25, -0.2) is 0 Å². The van der Waals surface area contributed by atoms with Gasteiger partial charge in [0.2, 0.25) is 5.91 Å². The number of amides is 1. The third-order valence-electron chi connectivity index (χ3n) is 4.42. The zero-order valence-electron chi connectivity index (χ0n) is 14.0. The number of carbonyl (C=O) groups excluding carboxylic acids is 1. The minimum atomic E-state index is -0.120. The fourth-order valence-electron chi connectivity index (χ4n) is 3.27. The molecule has 1 heterocycles. The van der Waals surface area contributed by atoms with Crippen molar-refractivity contribution in [2.45, 2.75) is 31.6 Å². The van der Waals surface area contributed by atoms with Crippen molar-refractivity contribution in [3.8, 4) is 0 Å².